The van der Waals surface area contributed by atoms with Crippen molar-refractivity contribution in [3.63, 3.8) is 0 Å². The third kappa shape index (κ3) is 4.33. The lowest BCUT2D eigenvalue weighted by Gasteiger charge is -2.24. The predicted octanol–water partition coefficient (Wildman–Crippen LogP) is 4.87. The van der Waals surface area contributed by atoms with Crippen molar-refractivity contribution in [2.24, 2.45) is 5.92 Å². The van der Waals surface area contributed by atoms with Gasteiger partial charge in [0.1, 0.15) is 0 Å². The normalized spacial score (nSPS) is 20.6. The zero-order valence-corrected chi connectivity index (χ0v) is 18.2. The van der Waals surface area contributed by atoms with Gasteiger partial charge in [0, 0.05) is 30.2 Å². The SMILES string of the molecule is O=S(=O)(Cc1cccc(C2CCN(Cc3c[nH]c4ccccc34)C2)c1)CC1CCC1. The number of nitrogens with one attached hydrogen (secondary N) is 1. The minimum atomic E-state index is -3.01. The maximum Gasteiger partial charge on any atom is 0.154 e. The van der Waals surface area contributed by atoms with Crippen LogP contribution in [0.5, 0.6) is 0 Å². The molecule has 1 atom stereocenters. The zero-order valence-electron chi connectivity index (χ0n) is 17.4. The van der Waals surface area contributed by atoms with Crippen LogP contribution in [0.1, 0.15) is 48.3 Å². The quantitative estimate of drug-likeness (QED) is 0.591. The van der Waals surface area contributed by atoms with Gasteiger partial charge in [0.2, 0.25) is 0 Å². The van der Waals surface area contributed by atoms with Crippen LogP contribution in [0, 0.1) is 5.92 Å². The maximum atomic E-state index is 12.6. The second kappa shape index (κ2) is 8.20. The van der Waals surface area contributed by atoms with E-state index in [-0.39, 0.29) is 5.75 Å². The number of likely N-dealkylation sites (tertiary alicyclic amines) is 1. The van der Waals surface area contributed by atoms with E-state index >= 15 is 0 Å². The molecule has 30 heavy (non-hydrogen) atoms. The molecule has 158 valence electrons. The first kappa shape index (κ1) is 19.8. The number of hydrogen-bond donors (Lipinski definition) is 1. The van der Waals surface area contributed by atoms with Crippen molar-refractivity contribution in [1.82, 2.24) is 9.88 Å². The van der Waals surface area contributed by atoms with Gasteiger partial charge in [-0.25, -0.2) is 8.42 Å². The van der Waals surface area contributed by atoms with Gasteiger partial charge in [0.25, 0.3) is 0 Å². The molecule has 5 heteroatoms. The number of aromatic nitrogens is 1. The Balaban J connectivity index is 1.24. The summed E-state index contributed by atoms with van der Waals surface area (Å²) in [5.74, 6) is 1.41. The molecule has 1 saturated heterocycles. The molecule has 2 aliphatic rings. The van der Waals surface area contributed by atoms with Crippen molar-refractivity contribution in [1.29, 1.82) is 0 Å². The Hall–Kier alpha value is -2.11. The summed E-state index contributed by atoms with van der Waals surface area (Å²) in [5, 5.41) is 1.31. The number of nitrogens with zero attached hydrogens (tertiary/aromatic N) is 1. The van der Waals surface area contributed by atoms with Gasteiger partial charge in [0.05, 0.1) is 11.5 Å². The molecule has 3 aromatic rings. The largest absolute Gasteiger partial charge is 0.361 e. The average molecular weight is 423 g/mol. The number of fused-ring (bicyclic) bond motifs is 1. The molecule has 1 N–H and O–H groups in total. The van der Waals surface area contributed by atoms with Crippen molar-refractivity contribution >= 4 is 20.7 Å². The summed E-state index contributed by atoms with van der Waals surface area (Å²) in [4.78, 5) is 5.89. The third-order valence-electron chi connectivity index (χ3n) is 6.86. The van der Waals surface area contributed by atoms with Crippen molar-refractivity contribution in [3.05, 3.63) is 71.4 Å². The molecule has 1 saturated carbocycles. The topological polar surface area (TPSA) is 53.2 Å². The smallest absolute Gasteiger partial charge is 0.154 e. The van der Waals surface area contributed by atoms with Gasteiger partial charge >= 0.3 is 0 Å². The van der Waals surface area contributed by atoms with E-state index in [9.17, 15) is 8.42 Å². The van der Waals surface area contributed by atoms with Crippen LogP contribution in [0.3, 0.4) is 0 Å². The van der Waals surface area contributed by atoms with Crippen molar-refractivity contribution in [2.75, 3.05) is 18.8 Å². The molecule has 1 aromatic heterocycles. The first-order chi connectivity index (χ1) is 14.6. The van der Waals surface area contributed by atoms with Gasteiger partial charge in [-0.2, -0.15) is 0 Å². The van der Waals surface area contributed by atoms with Crippen LogP contribution in [0.15, 0.2) is 54.7 Å². The van der Waals surface area contributed by atoms with E-state index in [1.54, 1.807) is 0 Å². The summed E-state index contributed by atoms with van der Waals surface area (Å²) >= 11 is 0. The van der Waals surface area contributed by atoms with E-state index in [0.29, 0.717) is 17.6 Å². The fourth-order valence-corrected chi connectivity index (χ4v) is 6.88. The number of benzene rings is 2. The molecule has 1 unspecified atom stereocenters. The maximum absolute atomic E-state index is 12.6. The lowest BCUT2D eigenvalue weighted by molar-refractivity contribution is 0.328. The second-order valence-corrected chi connectivity index (χ2v) is 11.3. The second-order valence-electron chi connectivity index (χ2n) is 9.18. The summed E-state index contributed by atoms with van der Waals surface area (Å²) < 4.78 is 25.1. The monoisotopic (exact) mass is 422 g/mol. The number of hydrogen-bond acceptors (Lipinski definition) is 3. The number of para-hydroxylation sites is 1. The van der Waals surface area contributed by atoms with Crippen LogP contribution in [-0.4, -0.2) is 37.1 Å². The molecular weight excluding hydrogens is 392 g/mol. The highest BCUT2D eigenvalue weighted by Gasteiger charge is 2.27. The Morgan fingerprint density at radius 2 is 1.90 bits per heavy atom. The average Bonchev–Trinajstić information content (AvgIpc) is 3.33. The van der Waals surface area contributed by atoms with E-state index in [1.807, 2.05) is 12.1 Å². The van der Waals surface area contributed by atoms with Crippen molar-refractivity contribution in [2.45, 2.75) is 43.9 Å². The minimum absolute atomic E-state index is 0.184. The Kier molecular flexibility index (Phi) is 5.42. The molecule has 0 amide bonds. The van der Waals surface area contributed by atoms with Gasteiger partial charge < -0.3 is 4.98 Å². The number of rotatable bonds is 7. The molecule has 0 bridgehead atoms. The highest BCUT2D eigenvalue weighted by molar-refractivity contribution is 7.90. The molecular formula is C25H30N2O2S. The molecule has 1 aliphatic heterocycles. The fourth-order valence-electron chi connectivity index (χ4n) is 5.02. The van der Waals surface area contributed by atoms with Gasteiger partial charge in [-0.3, -0.25) is 4.90 Å². The number of H-pyrrole nitrogens is 1. The van der Waals surface area contributed by atoms with E-state index in [2.05, 4.69) is 52.5 Å². The Morgan fingerprint density at radius 3 is 2.73 bits per heavy atom. The lowest BCUT2D eigenvalue weighted by Crippen LogP contribution is -2.23. The summed E-state index contributed by atoms with van der Waals surface area (Å²) in [6.07, 6.45) is 6.60. The van der Waals surface area contributed by atoms with Crippen LogP contribution in [0.4, 0.5) is 0 Å². The number of aromatic amines is 1. The van der Waals surface area contributed by atoms with Gasteiger partial charge in [-0.15, -0.1) is 0 Å². The van der Waals surface area contributed by atoms with Gasteiger partial charge in [-0.05, 0) is 60.4 Å². The molecule has 2 fully saturated rings. The Bertz CT molecular complexity index is 1130. The van der Waals surface area contributed by atoms with Crippen LogP contribution >= 0.6 is 0 Å². The molecule has 0 radical (unpaired) electrons. The molecule has 2 heterocycles. The zero-order chi connectivity index (χ0) is 20.6. The Labute approximate surface area is 179 Å². The number of sulfone groups is 1. The predicted molar refractivity (Wildman–Crippen MR) is 122 cm³/mol. The van der Waals surface area contributed by atoms with E-state index in [1.165, 1.54) is 28.5 Å². The van der Waals surface area contributed by atoms with Crippen LogP contribution < -0.4 is 0 Å². The first-order valence-corrected chi connectivity index (χ1v) is 12.9. The standard InChI is InChI=1S/C25H30N2O2S/c28-30(29,17-19-5-3-6-19)18-20-7-4-8-21(13-20)22-11-12-27(15-22)16-23-14-26-25-10-2-1-9-24(23)25/h1-2,4,7-10,13-14,19,22,26H,3,5-6,11-12,15-18H2. The Morgan fingerprint density at radius 1 is 1.03 bits per heavy atom. The molecule has 1 aliphatic carbocycles. The third-order valence-corrected chi connectivity index (χ3v) is 8.62. The highest BCUT2D eigenvalue weighted by atomic mass is 32.2. The van der Waals surface area contributed by atoms with Crippen molar-refractivity contribution < 1.29 is 8.42 Å². The van der Waals surface area contributed by atoms with E-state index in [0.717, 1.165) is 44.5 Å². The van der Waals surface area contributed by atoms with Gasteiger partial charge in [-0.1, -0.05) is 48.9 Å². The summed E-state index contributed by atoms with van der Waals surface area (Å²) in [5.41, 5.74) is 4.77. The highest BCUT2D eigenvalue weighted by Crippen LogP contribution is 2.31. The van der Waals surface area contributed by atoms with Gasteiger partial charge in [0.15, 0.2) is 9.84 Å². The summed E-state index contributed by atoms with van der Waals surface area (Å²) in [7, 11) is -3.01. The fraction of sp³-hybridized carbons (Fsp3) is 0.440. The first-order valence-electron chi connectivity index (χ1n) is 11.1. The van der Waals surface area contributed by atoms with Crippen LogP contribution in [0.2, 0.25) is 0 Å². The minimum Gasteiger partial charge on any atom is -0.361 e. The van der Waals surface area contributed by atoms with Crippen LogP contribution in [-0.2, 0) is 22.1 Å². The summed E-state index contributed by atoms with van der Waals surface area (Å²) in [6, 6.07) is 16.8. The molecule has 2 aromatic carbocycles. The molecule has 0 spiro atoms. The molecule has 5 rings (SSSR count). The molecule has 4 nitrogen and oxygen atoms in total. The summed E-state index contributed by atoms with van der Waals surface area (Å²) in [6.45, 7) is 3.06. The van der Waals surface area contributed by atoms with E-state index in [4.69, 9.17) is 0 Å². The van der Waals surface area contributed by atoms with Crippen LogP contribution in [0.25, 0.3) is 10.9 Å². The van der Waals surface area contributed by atoms with Crippen molar-refractivity contribution in [3.8, 4) is 0 Å². The lowest BCUT2D eigenvalue weighted by atomic mass is 9.87. The van der Waals surface area contributed by atoms with E-state index < -0.39 is 9.84 Å².